The highest BCUT2D eigenvalue weighted by Gasteiger charge is 2.38. The lowest BCUT2D eigenvalue weighted by Crippen LogP contribution is -2.26. The molecule has 1 aromatic carbocycles. The molecule has 3 fully saturated rings. The topological polar surface area (TPSA) is 15.3 Å². The van der Waals surface area contributed by atoms with Gasteiger partial charge in [0.1, 0.15) is 0 Å². The standard InChI is InChI=1S/C19H28N2/c1-2-10-21(9-1)19-7-4-15(5-8-19)13-20-14-18-12-16-3-6-17(18)11-16/h4-5,7-8,16-18,20H,1-3,6,9-14H2. The van der Waals surface area contributed by atoms with Gasteiger partial charge in [-0.05, 0) is 74.1 Å². The van der Waals surface area contributed by atoms with Crippen LogP contribution in [0.15, 0.2) is 24.3 Å². The molecule has 2 nitrogen and oxygen atoms in total. The molecule has 2 saturated carbocycles. The fourth-order valence-corrected chi connectivity index (χ4v) is 4.83. The molecule has 3 unspecified atom stereocenters. The van der Waals surface area contributed by atoms with E-state index < -0.39 is 0 Å². The smallest absolute Gasteiger partial charge is 0.0366 e. The number of nitrogens with one attached hydrogen (secondary N) is 1. The van der Waals surface area contributed by atoms with Crippen molar-refractivity contribution in [2.45, 2.75) is 45.1 Å². The van der Waals surface area contributed by atoms with Crippen molar-refractivity contribution in [2.75, 3.05) is 24.5 Å². The first kappa shape index (κ1) is 13.6. The summed E-state index contributed by atoms with van der Waals surface area (Å²) >= 11 is 0. The fourth-order valence-electron chi connectivity index (χ4n) is 4.83. The normalized spacial score (nSPS) is 31.2. The maximum Gasteiger partial charge on any atom is 0.0366 e. The van der Waals surface area contributed by atoms with Gasteiger partial charge >= 0.3 is 0 Å². The van der Waals surface area contributed by atoms with Gasteiger partial charge in [0.2, 0.25) is 0 Å². The minimum Gasteiger partial charge on any atom is -0.372 e. The fraction of sp³-hybridized carbons (Fsp3) is 0.684. The predicted octanol–water partition coefficient (Wildman–Crippen LogP) is 3.81. The van der Waals surface area contributed by atoms with Gasteiger partial charge in [-0.3, -0.25) is 0 Å². The number of benzene rings is 1. The van der Waals surface area contributed by atoms with Gasteiger partial charge in [0.25, 0.3) is 0 Å². The zero-order chi connectivity index (χ0) is 14.1. The molecule has 21 heavy (non-hydrogen) atoms. The lowest BCUT2D eigenvalue weighted by Gasteiger charge is -2.22. The summed E-state index contributed by atoms with van der Waals surface area (Å²) in [5, 5.41) is 3.70. The minimum absolute atomic E-state index is 0.965. The first-order chi connectivity index (χ1) is 10.4. The minimum atomic E-state index is 0.965. The zero-order valence-electron chi connectivity index (χ0n) is 13.1. The van der Waals surface area contributed by atoms with Crippen LogP contribution >= 0.6 is 0 Å². The second-order valence-corrected chi connectivity index (χ2v) is 7.43. The van der Waals surface area contributed by atoms with Gasteiger partial charge in [-0.2, -0.15) is 0 Å². The van der Waals surface area contributed by atoms with Gasteiger partial charge in [-0.25, -0.2) is 0 Å². The summed E-state index contributed by atoms with van der Waals surface area (Å²) in [4.78, 5) is 2.51. The number of hydrogen-bond donors (Lipinski definition) is 1. The van der Waals surface area contributed by atoms with Crippen LogP contribution in [-0.2, 0) is 6.54 Å². The van der Waals surface area contributed by atoms with Gasteiger partial charge < -0.3 is 10.2 Å². The molecule has 2 bridgehead atoms. The van der Waals surface area contributed by atoms with E-state index in [0.717, 1.165) is 24.3 Å². The number of anilines is 1. The molecule has 3 atom stereocenters. The highest BCUT2D eigenvalue weighted by Crippen LogP contribution is 2.47. The van der Waals surface area contributed by atoms with E-state index in [2.05, 4.69) is 34.5 Å². The van der Waals surface area contributed by atoms with Crippen LogP contribution in [0, 0.1) is 17.8 Å². The molecule has 0 radical (unpaired) electrons. The Labute approximate surface area is 128 Å². The molecule has 2 aliphatic carbocycles. The molecule has 1 aliphatic heterocycles. The van der Waals surface area contributed by atoms with Gasteiger partial charge in [-0.15, -0.1) is 0 Å². The predicted molar refractivity (Wildman–Crippen MR) is 88.5 cm³/mol. The van der Waals surface area contributed by atoms with Crippen LogP contribution in [0.5, 0.6) is 0 Å². The molecule has 0 amide bonds. The largest absolute Gasteiger partial charge is 0.372 e. The summed E-state index contributed by atoms with van der Waals surface area (Å²) in [6.07, 6.45) is 8.74. The van der Waals surface area contributed by atoms with Crippen molar-refractivity contribution in [3.05, 3.63) is 29.8 Å². The molecular formula is C19H28N2. The Kier molecular flexibility index (Phi) is 3.89. The Bertz CT molecular complexity index is 461. The number of hydrogen-bond acceptors (Lipinski definition) is 2. The quantitative estimate of drug-likeness (QED) is 0.884. The lowest BCUT2D eigenvalue weighted by molar-refractivity contribution is 0.318. The Hall–Kier alpha value is -1.02. The second-order valence-electron chi connectivity index (χ2n) is 7.43. The third kappa shape index (κ3) is 2.96. The molecule has 1 saturated heterocycles. The third-order valence-corrected chi connectivity index (χ3v) is 6.03. The molecule has 3 aliphatic rings. The molecule has 1 aromatic rings. The maximum atomic E-state index is 3.70. The van der Waals surface area contributed by atoms with E-state index >= 15 is 0 Å². The SMILES string of the molecule is c1cc(N2CCCC2)ccc1CNCC1CC2CCC1C2. The lowest BCUT2D eigenvalue weighted by atomic mass is 9.89. The monoisotopic (exact) mass is 284 g/mol. The number of fused-ring (bicyclic) bond motifs is 2. The summed E-state index contributed by atoms with van der Waals surface area (Å²) < 4.78 is 0. The average molecular weight is 284 g/mol. The summed E-state index contributed by atoms with van der Waals surface area (Å²) in [5.41, 5.74) is 2.84. The van der Waals surface area contributed by atoms with Crippen molar-refractivity contribution in [3.63, 3.8) is 0 Å². The third-order valence-electron chi connectivity index (χ3n) is 6.03. The van der Waals surface area contributed by atoms with Gasteiger partial charge in [0, 0.05) is 25.3 Å². The molecule has 114 valence electrons. The molecule has 0 spiro atoms. The van der Waals surface area contributed by atoms with Crippen LogP contribution in [0.1, 0.15) is 44.1 Å². The van der Waals surface area contributed by atoms with Crippen LogP contribution in [0.4, 0.5) is 5.69 Å². The van der Waals surface area contributed by atoms with Crippen molar-refractivity contribution >= 4 is 5.69 Å². The number of rotatable bonds is 5. The summed E-state index contributed by atoms with van der Waals surface area (Å²) in [7, 11) is 0. The van der Waals surface area contributed by atoms with Crippen molar-refractivity contribution in [2.24, 2.45) is 17.8 Å². The molecule has 2 heteroatoms. The first-order valence-electron chi connectivity index (χ1n) is 8.93. The van der Waals surface area contributed by atoms with Crippen LogP contribution in [0.3, 0.4) is 0 Å². The zero-order valence-corrected chi connectivity index (χ0v) is 13.1. The average Bonchev–Trinajstić information content (AvgIpc) is 3.26. The van der Waals surface area contributed by atoms with Gasteiger partial charge in [0.15, 0.2) is 0 Å². The van der Waals surface area contributed by atoms with Crippen LogP contribution < -0.4 is 10.2 Å². The van der Waals surface area contributed by atoms with Crippen molar-refractivity contribution < 1.29 is 0 Å². The molecule has 1 heterocycles. The van der Waals surface area contributed by atoms with Crippen molar-refractivity contribution in [3.8, 4) is 0 Å². The van der Waals surface area contributed by atoms with E-state index in [9.17, 15) is 0 Å². The molecular weight excluding hydrogens is 256 g/mol. The van der Waals surface area contributed by atoms with E-state index in [-0.39, 0.29) is 0 Å². The van der Waals surface area contributed by atoms with Crippen LogP contribution in [0.2, 0.25) is 0 Å². The Morgan fingerprint density at radius 3 is 2.48 bits per heavy atom. The van der Waals surface area contributed by atoms with Gasteiger partial charge in [-0.1, -0.05) is 18.6 Å². The van der Waals surface area contributed by atoms with Crippen LogP contribution in [-0.4, -0.2) is 19.6 Å². The van der Waals surface area contributed by atoms with Crippen LogP contribution in [0.25, 0.3) is 0 Å². The summed E-state index contributed by atoms with van der Waals surface area (Å²) in [5.74, 6) is 3.08. The maximum absolute atomic E-state index is 3.70. The summed E-state index contributed by atoms with van der Waals surface area (Å²) in [6.45, 7) is 4.74. The molecule has 4 rings (SSSR count). The molecule has 0 aromatic heterocycles. The molecule has 1 N–H and O–H groups in total. The first-order valence-corrected chi connectivity index (χ1v) is 8.93. The Morgan fingerprint density at radius 2 is 1.81 bits per heavy atom. The summed E-state index contributed by atoms with van der Waals surface area (Å²) in [6, 6.07) is 9.22. The van der Waals surface area contributed by atoms with Crippen molar-refractivity contribution in [1.29, 1.82) is 0 Å². The second kappa shape index (κ2) is 6.00. The Morgan fingerprint density at radius 1 is 1.00 bits per heavy atom. The van der Waals surface area contributed by atoms with E-state index in [1.807, 2.05) is 0 Å². The Balaban J connectivity index is 1.25. The number of nitrogens with zero attached hydrogens (tertiary/aromatic N) is 1. The van der Waals surface area contributed by atoms with Crippen molar-refractivity contribution in [1.82, 2.24) is 5.32 Å². The van der Waals surface area contributed by atoms with E-state index in [1.165, 1.54) is 69.4 Å². The van der Waals surface area contributed by atoms with E-state index in [0.29, 0.717) is 0 Å². The van der Waals surface area contributed by atoms with E-state index in [4.69, 9.17) is 0 Å². The highest BCUT2D eigenvalue weighted by molar-refractivity contribution is 5.48. The van der Waals surface area contributed by atoms with Gasteiger partial charge in [0.05, 0.1) is 0 Å². The van der Waals surface area contributed by atoms with E-state index in [1.54, 1.807) is 0 Å². The highest BCUT2D eigenvalue weighted by atomic mass is 15.1.